The van der Waals surface area contributed by atoms with E-state index in [4.69, 9.17) is 17.3 Å². The highest BCUT2D eigenvalue weighted by Crippen LogP contribution is 2.18. The summed E-state index contributed by atoms with van der Waals surface area (Å²) < 4.78 is 0. The van der Waals surface area contributed by atoms with E-state index in [1.165, 1.54) is 0 Å². The molecule has 16 heavy (non-hydrogen) atoms. The number of nitrogens with zero attached hydrogens (tertiary/aromatic N) is 3. The monoisotopic (exact) mass is 234 g/mol. The van der Waals surface area contributed by atoms with E-state index in [0.717, 1.165) is 24.1 Å². The number of hydrogen-bond donors (Lipinski definition) is 1. The molecule has 0 atom stereocenters. The fourth-order valence-corrected chi connectivity index (χ4v) is 1.63. The number of fused-ring (bicyclic) bond motifs is 1. The van der Waals surface area contributed by atoms with Crippen molar-refractivity contribution >= 4 is 28.6 Å². The molecule has 5 heteroatoms. The highest BCUT2D eigenvalue weighted by Gasteiger charge is 2.07. The van der Waals surface area contributed by atoms with Gasteiger partial charge in [-0.05, 0) is 25.0 Å². The Balaban J connectivity index is 2.59. The number of aryl methyl sites for hydroxylation is 1. The lowest BCUT2D eigenvalue weighted by Crippen LogP contribution is -2.02. The number of nitrogen functional groups attached to an aromatic ring is 1. The summed E-state index contributed by atoms with van der Waals surface area (Å²) in [5.74, 6) is 0.260. The predicted molar refractivity (Wildman–Crippen MR) is 65.3 cm³/mol. The van der Waals surface area contributed by atoms with Crippen molar-refractivity contribution in [1.29, 1.82) is 0 Å². The molecule has 2 heterocycles. The van der Waals surface area contributed by atoms with E-state index in [0.29, 0.717) is 10.7 Å². The summed E-state index contributed by atoms with van der Waals surface area (Å²) in [6.07, 6.45) is 3.38. The summed E-state index contributed by atoms with van der Waals surface area (Å²) in [7, 11) is 0. The SMILES string of the molecule is C=CCCc1nc(N)nc2ccc(Cl)nc12. The van der Waals surface area contributed by atoms with Crippen molar-refractivity contribution in [2.24, 2.45) is 0 Å². The molecule has 2 aromatic heterocycles. The molecule has 0 fully saturated rings. The third-order valence-electron chi connectivity index (χ3n) is 2.18. The Kier molecular flexibility index (Phi) is 3.01. The molecule has 0 saturated carbocycles. The molecule has 0 aliphatic rings. The molecule has 0 spiro atoms. The van der Waals surface area contributed by atoms with Gasteiger partial charge in [0.2, 0.25) is 5.95 Å². The van der Waals surface area contributed by atoms with Crippen LogP contribution in [-0.4, -0.2) is 15.0 Å². The molecule has 0 saturated heterocycles. The lowest BCUT2D eigenvalue weighted by molar-refractivity contribution is 0.946. The molecule has 2 rings (SSSR count). The van der Waals surface area contributed by atoms with Gasteiger partial charge in [0.05, 0.1) is 11.2 Å². The van der Waals surface area contributed by atoms with E-state index >= 15 is 0 Å². The van der Waals surface area contributed by atoms with Gasteiger partial charge in [-0.1, -0.05) is 17.7 Å². The zero-order chi connectivity index (χ0) is 11.5. The lowest BCUT2D eigenvalue weighted by atomic mass is 10.2. The fraction of sp³-hybridized carbons (Fsp3) is 0.182. The first-order valence-electron chi connectivity index (χ1n) is 4.90. The second-order valence-electron chi connectivity index (χ2n) is 3.36. The summed E-state index contributed by atoms with van der Waals surface area (Å²) in [6, 6.07) is 3.48. The van der Waals surface area contributed by atoms with Gasteiger partial charge in [-0.15, -0.1) is 6.58 Å². The van der Waals surface area contributed by atoms with Crippen molar-refractivity contribution in [2.75, 3.05) is 5.73 Å². The normalized spacial score (nSPS) is 10.6. The van der Waals surface area contributed by atoms with Crippen molar-refractivity contribution in [1.82, 2.24) is 15.0 Å². The van der Waals surface area contributed by atoms with Crippen molar-refractivity contribution < 1.29 is 0 Å². The first-order chi connectivity index (χ1) is 7.70. The van der Waals surface area contributed by atoms with Gasteiger partial charge < -0.3 is 5.73 Å². The Morgan fingerprint density at radius 3 is 2.88 bits per heavy atom. The lowest BCUT2D eigenvalue weighted by Gasteiger charge is -2.04. The second kappa shape index (κ2) is 4.45. The maximum atomic E-state index is 5.85. The Hall–Kier alpha value is -1.68. The molecule has 2 aromatic rings. The molecule has 0 aliphatic heterocycles. The van der Waals surface area contributed by atoms with Crippen LogP contribution in [0.15, 0.2) is 24.8 Å². The number of anilines is 1. The molecule has 0 radical (unpaired) electrons. The number of halogens is 1. The minimum absolute atomic E-state index is 0.260. The number of aromatic nitrogens is 3. The van der Waals surface area contributed by atoms with Crippen LogP contribution >= 0.6 is 11.6 Å². The minimum Gasteiger partial charge on any atom is -0.368 e. The van der Waals surface area contributed by atoms with Crippen molar-refractivity contribution in [3.63, 3.8) is 0 Å². The van der Waals surface area contributed by atoms with E-state index in [1.54, 1.807) is 12.1 Å². The Labute approximate surface area is 98.2 Å². The second-order valence-corrected chi connectivity index (χ2v) is 3.74. The van der Waals surface area contributed by atoms with Crippen molar-refractivity contribution in [3.8, 4) is 0 Å². The van der Waals surface area contributed by atoms with Crippen molar-refractivity contribution in [2.45, 2.75) is 12.8 Å². The first-order valence-corrected chi connectivity index (χ1v) is 5.28. The van der Waals surface area contributed by atoms with Gasteiger partial charge in [-0.25, -0.2) is 15.0 Å². The van der Waals surface area contributed by atoms with Gasteiger partial charge in [0.1, 0.15) is 10.7 Å². The van der Waals surface area contributed by atoms with Crippen LogP contribution in [0.2, 0.25) is 5.15 Å². The molecule has 0 amide bonds. The zero-order valence-corrected chi connectivity index (χ0v) is 9.41. The number of pyridine rings is 1. The molecular weight excluding hydrogens is 224 g/mol. The largest absolute Gasteiger partial charge is 0.368 e. The van der Waals surface area contributed by atoms with E-state index in [1.807, 2.05) is 6.08 Å². The van der Waals surface area contributed by atoms with Crippen molar-refractivity contribution in [3.05, 3.63) is 35.6 Å². The van der Waals surface area contributed by atoms with Gasteiger partial charge in [0.25, 0.3) is 0 Å². The number of rotatable bonds is 3. The summed E-state index contributed by atoms with van der Waals surface area (Å²) in [5, 5.41) is 0.431. The fourth-order valence-electron chi connectivity index (χ4n) is 1.48. The number of hydrogen-bond acceptors (Lipinski definition) is 4. The summed E-state index contributed by atoms with van der Waals surface area (Å²) in [5.41, 5.74) is 7.87. The van der Waals surface area contributed by atoms with Crippen LogP contribution in [0, 0.1) is 0 Å². The Bertz CT molecular complexity index is 539. The smallest absolute Gasteiger partial charge is 0.220 e. The van der Waals surface area contributed by atoms with Crippen LogP contribution in [-0.2, 0) is 6.42 Å². The average molecular weight is 235 g/mol. The number of nitrogens with two attached hydrogens (primary N) is 1. The van der Waals surface area contributed by atoms with E-state index in [-0.39, 0.29) is 5.95 Å². The van der Waals surface area contributed by atoms with Crippen LogP contribution in [0.25, 0.3) is 11.0 Å². The molecule has 0 bridgehead atoms. The van der Waals surface area contributed by atoms with Crippen LogP contribution in [0.4, 0.5) is 5.95 Å². The minimum atomic E-state index is 0.260. The summed E-state index contributed by atoms with van der Waals surface area (Å²) >= 11 is 5.85. The first kappa shape index (κ1) is 10.8. The van der Waals surface area contributed by atoms with Gasteiger partial charge in [-0.2, -0.15) is 0 Å². The van der Waals surface area contributed by atoms with E-state index in [9.17, 15) is 0 Å². The van der Waals surface area contributed by atoms with Crippen LogP contribution in [0.1, 0.15) is 12.1 Å². The summed E-state index contributed by atoms with van der Waals surface area (Å²) in [6.45, 7) is 3.67. The van der Waals surface area contributed by atoms with E-state index in [2.05, 4.69) is 21.5 Å². The molecule has 0 unspecified atom stereocenters. The standard InChI is InChI=1S/C11H11ClN4/c1-2-3-4-7-10-8(15-11(13)14-7)5-6-9(12)16-10/h2,5-6H,1,3-4H2,(H2,13,14,15). The molecule has 4 nitrogen and oxygen atoms in total. The van der Waals surface area contributed by atoms with E-state index < -0.39 is 0 Å². The predicted octanol–water partition coefficient (Wildman–Crippen LogP) is 2.38. The zero-order valence-electron chi connectivity index (χ0n) is 8.65. The molecular formula is C11H11ClN4. The maximum Gasteiger partial charge on any atom is 0.220 e. The van der Waals surface area contributed by atoms with Gasteiger partial charge >= 0.3 is 0 Å². The third kappa shape index (κ3) is 2.12. The highest BCUT2D eigenvalue weighted by atomic mass is 35.5. The Morgan fingerprint density at radius 1 is 1.31 bits per heavy atom. The quantitative estimate of drug-likeness (QED) is 0.654. The van der Waals surface area contributed by atoms with Gasteiger partial charge in [0.15, 0.2) is 0 Å². The van der Waals surface area contributed by atoms with Crippen LogP contribution < -0.4 is 5.73 Å². The Morgan fingerprint density at radius 2 is 2.12 bits per heavy atom. The van der Waals surface area contributed by atoms with Gasteiger partial charge in [0, 0.05) is 0 Å². The molecule has 0 aliphatic carbocycles. The molecule has 2 N–H and O–H groups in total. The van der Waals surface area contributed by atoms with Crippen LogP contribution in [0.3, 0.4) is 0 Å². The maximum absolute atomic E-state index is 5.85. The summed E-state index contributed by atoms with van der Waals surface area (Å²) in [4.78, 5) is 12.5. The number of allylic oxidation sites excluding steroid dienone is 1. The van der Waals surface area contributed by atoms with Crippen LogP contribution in [0.5, 0.6) is 0 Å². The third-order valence-corrected chi connectivity index (χ3v) is 2.39. The molecule has 82 valence electrons. The highest BCUT2D eigenvalue weighted by molar-refractivity contribution is 6.29. The average Bonchev–Trinajstić information content (AvgIpc) is 2.26. The molecule has 0 aromatic carbocycles. The van der Waals surface area contributed by atoms with Gasteiger partial charge in [-0.3, -0.25) is 0 Å². The topological polar surface area (TPSA) is 64.7 Å².